The lowest BCUT2D eigenvalue weighted by molar-refractivity contribution is 0.103. The highest BCUT2D eigenvalue weighted by atomic mass is 16.3. The van der Waals surface area contributed by atoms with E-state index in [-0.39, 0.29) is 12.1 Å². The van der Waals surface area contributed by atoms with Crippen LogP contribution in [0.25, 0.3) is 10.8 Å². The van der Waals surface area contributed by atoms with E-state index in [4.69, 9.17) is 0 Å². The molecule has 0 aliphatic carbocycles. The minimum Gasteiger partial charge on any atom is -0.391 e. The van der Waals surface area contributed by atoms with Crippen molar-refractivity contribution in [2.24, 2.45) is 0 Å². The number of hydrogen-bond acceptors (Lipinski definition) is 3. The Balaban J connectivity index is 1.65. The molecule has 0 spiro atoms. The summed E-state index contributed by atoms with van der Waals surface area (Å²) in [5, 5.41) is 20.8. The molecule has 1 fully saturated rings. The molecule has 2 aromatic carbocycles. The van der Waals surface area contributed by atoms with Crippen molar-refractivity contribution in [1.29, 1.82) is 0 Å². The molecular weight excluding hydrogens is 266 g/mol. The molecule has 0 unspecified atom stereocenters. The number of carbonyl (C=O) groups is 1. The molecule has 0 bridgehead atoms. The predicted octanol–water partition coefficient (Wildman–Crippen LogP) is 1.68. The fraction of sp³-hybridized carbons (Fsp3) is 0.312. The number of rotatable bonds is 2. The Labute approximate surface area is 123 Å². The van der Waals surface area contributed by atoms with Crippen LogP contribution in [0.15, 0.2) is 42.5 Å². The summed E-state index contributed by atoms with van der Waals surface area (Å²) < 4.78 is 0. The minimum absolute atomic E-state index is 0.251. The molecule has 110 valence electrons. The lowest BCUT2D eigenvalue weighted by Gasteiger charge is -2.29. The summed E-state index contributed by atoms with van der Waals surface area (Å²) in [5.74, 6) is 0. The lowest BCUT2D eigenvalue weighted by atomic mass is 10.0. The molecule has 5 nitrogen and oxygen atoms in total. The summed E-state index contributed by atoms with van der Waals surface area (Å²) in [6, 6.07) is 13.2. The Morgan fingerprint density at radius 1 is 1.19 bits per heavy atom. The van der Waals surface area contributed by atoms with Crippen LogP contribution in [-0.4, -0.2) is 36.4 Å². The van der Waals surface area contributed by atoms with Crippen molar-refractivity contribution in [2.45, 2.75) is 18.6 Å². The molecule has 0 saturated carbocycles. The van der Waals surface area contributed by atoms with E-state index in [1.54, 1.807) is 0 Å². The predicted molar refractivity (Wildman–Crippen MR) is 83.4 cm³/mol. The molecule has 21 heavy (non-hydrogen) atoms. The molecule has 3 rings (SSSR count). The summed E-state index contributed by atoms with van der Waals surface area (Å²) in [6.07, 6.45) is 0.162. The number of carbonyl (C=O) groups excluding carboxylic acids is 1. The topological polar surface area (TPSA) is 73.4 Å². The molecule has 2 amide bonds. The second kappa shape index (κ2) is 6.11. The average Bonchev–Trinajstić information content (AvgIpc) is 2.49. The number of amides is 2. The average molecular weight is 285 g/mol. The molecule has 0 aromatic heterocycles. The van der Waals surface area contributed by atoms with Gasteiger partial charge in [-0.25, -0.2) is 4.79 Å². The maximum absolute atomic E-state index is 12.0. The highest BCUT2D eigenvalue weighted by Gasteiger charge is 2.24. The van der Waals surface area contributed by atoms with E-state index in [0.29, 0.717) is 13.0 Å². The first kappa shape index (κ1) is 13.9. The van der Waals surface area contributed by atoms with Crippen LogP contribution in [0.5, 0.6) is 0 Å². The summed E-state index contributed by atoms with van der Waals surface area (Å²) in [4.78, 5) is 12.0. The zero-order valence-electron chi connectivity index (χ0n) is 11.7. The van der Waals surface area contributed by atoms with E-state index >= 15 is 0 Å². The third-order valence-corrected chi connectivity index (χ3v) is 3.77. The van der Waals surface area contributed by atoms with Crippen LogP contribution < -0.4 is 16.0 Å². The van der Waals surface area contributed by atoms with Gasteiger partial charge in [0.2, 0.25) is 0 Å². The Kier molecular flexibility index (Phi) is 4.03. The fourth-order valence-electron chi connectivity index (χ4n) is 2.59. The van der Waals surface area contributed by atoms with Crippen molar-refractivity contribution in [3.63, 3.8) is 0 Å². The Morgan fingerprint density at radius 3 is 2.81 bits per heavy atom. The number of fused-ring (bicyclic) bond motifs is 1. The molecule has 1 heterocycles. The van der Waals surface area contributed by atoms with Crippen molar-refractivity contribution in [1.82, 2.24) is 10.6 Å². The first-order valence-corrected chi connectivity index (χ1v) is 7.17. The van der Waals surface area contributed by atoms with Gasteiger partial charge in [0.1, 0.15) is 0 Å². The summed E-state index contributed by atoms with van der Waals surface area (Å²) >= 11 is 0. The first-order chi connectivity index (χ1) is 10.2. The zero-order valence-corrected chi connectivity index (χ0v) is 11.7. The Hall–Kier alpha value is -2.11. The van der Waals surface area contributed by atoms with Crippen LogP contribution in [0.3, 0.4) is 0 Å². The zero-order chi connectivity index (χ0) is 14.7. The highest BCUT2D eigenvalue weighted by molar-refractivity contribution is 5.93. The maximum atomic E-state index is 12.0. The van der Waals surface area contributed by atoms with Gasteiger partial charge >= 0.3 is 6.03 Å². The smallest absolute Gasteiger partial charge is 0.319 e. The Bertz CT molecular complexity index is 644. The van der Waals surface area contributed by atoms with E-state index in [1.807, 2.05) is 42.5 Å². The second-order valence-corrected chi connectivity index (χ2v) is 5.33. The van der Waals surface area contributed by atoms with Gasteiger partial charge in [0.25, 0.3) is 0 Å². The van der Waals surface area contributed by atoms with Crippen LogP contribution in [-0.2, 0) is 0 Å². The van der Waals surface area contributed by atoms with Crippen LogP contribution in [0.2, 0.25) is 0 Å². The van der Waals surface area contributed by atoms with E-state index in [2.05, 4.69) is 16.0 Å². The maximum Gasteiger partial charge on any atom is 0.319 e. The number of hydrogen-bond donors (Lipinski definition) is 4. The molecule has 1 saturated heterocycles. The third kappa shape index (κ3) is 3.32. The number of benzene rings is 2. The van der Waals surface area contributed by atoms with Crippen molar-refractivity contribution in [3.05, 3.63) is 42.5 Å². The third-order valence-electron chi connectivity index (χ3n) is 3.77. The number of anilines is 1. The first-order valence-electron chi connectivity index (χ1n) is 7.17. The van der Waals surface area contributed by atoms with Gasteiger partial charge in [0, 0.05) is 12.2 Å². The van der Waals surface area contributed by atoms with Crippen LogP contribution in [0, 0.1) is 0 Å². The van der Waals surface area contributed by atoms with Gasteiger partial charge in [-0.1, -0.05) is 30.3 Å². The van der Waals surface area contributed by atoms with Crippen LogP contribution in [0.1, 0.15) is 6.42 Å². The molecule has 5 heteroatoms. The molecule has 1 aliphatic rings. The number of nitrogens with one attached hydrogen (secondary N) is 3. The standard InChI is InChI=1S/C16H19N3O2/c20-15-7-8-17-10-14(15)19-16(21)18-13-6-5-11-3-1-2-4-12(11)9-13/h1-6,9,14-15,17,20H,7-8,10H2,(H2,18,19,21)/t14-,15-/m1/s1. The van der Waals surface area contributed by atoms with Crippen molar-refractivity contribution < 1.29 is 9.90 Å². The second-order valence-electron chi connectivity index (χ2n) is 5.33. The van der Waals surface area contributed by atoms with Crippen molar-refractivity contribution >= 4 is 22.5 Å². The van der Waals surface area contributed by atoms with E-state index in [9.17, 15) is 9.90 Å². The molecule has 4 N–H and O–H groups in total. The summed E-state index contributed by atoms with van der Waals surface area (Å²) in [6.45, 7) is 1.37. The quantitative estimate of drug-likeness (QED) is 0.678. The van der Waals surface area contributed by atoms with Gasteiger partial charge in [0.05, 0.1) is 12.1 Å². The molecule has 2 aromatic rings. The van der Waals surface area contributed by atoms with Gasteiger partial charge in [-0.2, -0.15) is 0 Å². The van der Waals surface area contributed by atoms with Gasteiger partial charge in [-0.05, 0) is 35.9 Å². The van der Waals surface area contributed by atoms with Gasteiger partial charge < -0.3 is 21.1 Å². The minimum atomic E-state index is -0.492. The number of aliphatic hydroxyl groups is 1. The number of piperidine rings is 1. The number of urea groups is 1. The van der Waals surface area contributed by atoms with Crippen LogP contribution in [0.4, 0.5) is 10.5 Å². The molecule has 1 aliphatic heterocycles. The number of aliphatic hydroxyl groups excluding tert-OH is 1. The monoisotopic (exact) mass is 285 g/mol. The Morgan fingerprint density at radius 2 is 2.00 bits per heavy atom. The lowest BCUT2D eigenvalue weighted by Crippen LogP contribution is -2.54. The van der Waals surface area contributed by atoms with Gasteiger partial charge in [-0.3, -0.25) is 0 Å². The van der Waals surface area contributed by atoms with E-state index < -0.39 is 6.10 Å². The molecule has 2 atom stereocenters. The van der Waals surface area contributed by atoms with Gasteiger partial charge in [0.15, 0.2) is 0 Å². The fourth-order valence-corrected chi connectivity index (χ4v) is 2.59. The molecule has 0 radical (unpaired) electrons. The summed E-state index contributed by atoms with van der Waals surface area (Å²) in [7, 11) is 0. The normalized spacial score (nSPS) is 22.0. The SMILES string of the molecule is O=C(Nc1ccc2ccccc2c1)N[C@@H]1CNCC[C@H]1O. The van der Waals surface area contributed by atoms with Crippen molar-refractivity contribution in [2.75, 3.05) is 18.4 Å². The molecular formula is C16H19N3O2. The van der Waals surface area contributed by atoms with Crippen LogP contribution >= 0.6 is 0 Å². The van der Waals surface area contributed by atoms with Gasteiger partial charge in [-0.15, -0.1) is 0 Å². The highest BCUT2D eigenvalue weighted by Crippen LogP contribution is 2.18. The van der Waals surface area contributed by atoms with Crippen molar-refractivity contribution in [3.8, 4) is 0 Å². The van der Waals surface area contributed by atoms with E-state index in [0.717, 1.165) is 23.0 Å². The largest absolute Gasteiger partial charge is 0.391 e. The summed E-state index contributed by atoms with van der Waals surface area (Å²) in [5.41, 5.74) is 0.740. The van der Waals surface area contributed by atoms with E-state index in [1.165, 1.54) is 0 Å².